The van der Waals surface area contributed by atoms with E-state index in [1.165, 1.54) is 147 Å². The lowest BCUT2D eigenvalue weighted by atomic mass is 9.31. The molecule has 0 fully saturated rings. The van der Waals surface area contributed by atoms with Crippen LogP contribution in [-0.4, -0.2) is 25.0 Å². The van der Waals surface area contributed by atoms with Crippen molar-refractivity contribution >= 4 is 132 Å². The third kappa shape index (κ3) is 5.25. The fourth-order valence-electron chi connectivity index (χ4n) is 15.2. The number of aromatic nitrogens is 4. The lowest BCUT2D eigenvalue weighted by Gasteiger charge is -2.35. The molecule has 0 radical (unpaired) electrons. The van der Waals surface area contributed by atoms with Gasteiger partial charge < -0.3 is 18.3 Å². The molecular weight excluding hydrogens is 956 g/mol. The summed E-state index contributed by atoms with van der Waals surface area (Å²) in [4.78, 5) is 0. The predicted octanol–water partition coefficient (Wildman–Crippen LogP) is 16.9. The molecule has 17 aromatic rings. The maximum Gasteiger partial charge on any atom is 0.244 e. The van der Waals surface area contributed by atoms with Gasteiger partial charge in [-0.3, -0.25) is 0 Å². The molecule has 0 spiro atoms. The third-order valence-electron chi connectivity index (χ3n) is 18.1. The second-order valence-corrected chi connectivity index (χ2v) is 21.8. The van der Waals surface area contributed by atoms with Crippen LogP contribution >= 0.6 is 0 Å². The summed E-state index contributed by atoms with van der Waals surface area (Å²) in [7, 11) is 0. The SMILES string of the molecule is c1ccc(-n2c3ccccc3c3c4c5c(cc32)B2c3c(cccc3-c3cc6c(c7ccccc7n6-c6ccccc6)c6c3c2cc2c6c3ccccc3n2-c2ccccc2)-c5cc2c4c3ccccc3n2-c2ccccc2)cc1. The molecule has 19 rings (SSSR count). The van der Waals surface area contributed by atoms with E-state index in [0.29, 0.717) is 0 Å². The Morgan fingerprint density at radius 1 is 0.203 bits per heavy atom. The fraction of sp³-hybridized carbons (Fsp3) is 0. The highest BCUT2D eigenvalue weighted by atomic mass is 15.0. The van der Waals surface area contributed by atoms with Crippen molar-refractivity contribution < 1.29 is 0 Å². The van der Waals surface area contributed by atoms with Gasteiger partial charge in [0, 0.05) is 76.6 Å². The molecule has 5 heteroatoms. The molecule has 0 atom stereocenters. The summed E-state index contributed by atoms with van der Waals surface area (Å²) in [6.45, 7) is -0.116. The second-order valence-electron chi connectivity index (χ2n) is 21.8. The van der Waals surface area contributed by atoms with Gasteiger partial charge in [-0.1, -0.05) is 180 Å². The van der Waals surface area contributed by atoms with Crippen molar-refractivity contribution in [3.63, 3.8) is 0 Å². The summed E-state index contributed by atoms with van der Waals surface area (Å²) in [5.41, 5.74) is 23.5. The van der Waals surface area contributed by atoms with Crippen LogP contribution in [0.3, 0.4) is 0 Å². The van der Waals surface area contributed by atoms with Gasteiger partial charge in [0.1, 0.15) is 0 Å². The lowest BCUT2D eigenvalue weighted by Crippen LogP contribution is -2.57. The first-order valence-electron chi connectivity index (χ1n) is 27.6. The maximum atomic E-state index is 2.62. The minimum atomic E-state index is -0.116. The van der Waals surface area contributed by atoms with Gasteiger partial charge in [-0.2, -0.15) is 0 Å². The molecule has 4 aromatic heterocycles. The van der Waals surface area contributed by atoms with Gasteiger partial charge in [0.2, 0.25) is 6.71 Å². The van der Waals surface area contributed by atoms with Crippen LogP contribution in [0.2, 0.25) is 0 Å². The molecule has 2 aliphatic heterocycles. The zero-order valence-electron chi connectivity index (χ0n) is 42.7. The van der Waals surface area contributed by atoms with Gasteiger partial charge >= 0.3 is 0 Å². The number of hydrogen-bond acceptors (Lipinski definition) is 0. The van der Waals surface area contributed by atoms with Crippen LogP contribution in [0.25, 0.3) is 154 Å². The van der Waals surface area contributed by atoms with Gasteiger partial charge in [0.25, 0.3) is 0 Å². The second kappa shape index (κ2) is 15.2. The summed E-state index contributed by atoms with van der Waals surface area (Å²) in [5, 5.41) is 15.5. The Hall–Kier alpha value is -10.4. The van der Waals surface area contributed by atoms with E-state index in [1.807, 2.05) is 0 Å². The lowest BCUT2D eigenvalue weighted by molar-refractivity contribution is 1.18. The Bertz CT molecular complexity index is 5150. The molecule has 362 valence electrons. The van der Waals surface area contributed by atoms with Crippen molar-refractivity contribution in [1.29, 1.82) is 0 Å². The quantitative estimate of drug-likeness (QED) is 0.157. The van der Waals surface area contributed by atoms with Crippen LogP contribution < -0.4 is 16.4 Å². The monoisotopic (exact) mass is 998 g/mol. The van der Waals surface area contributed by atoms with E-state index in [-0.39, 0.29) is 6.71 Å². The van der Waals surface area contributed by atoms with Crippen molar-refractivity contribution in [2.24, 2.45) is 0 Å². The molecule has 79 heavy (non-hydrogen) atoms. The molecule has 0 amide bonds. The third-order valence-corrected chi connectivity index (χ3v) is 18.1. The molecule has 0 saturated heterocycles. The van der Waals surface area contributed by atoms with Gasteiger partial charge in [0.15, 0.2) is 0 Å². The van der Waals surface area contributed by atoms with Crippen LogP contribution in [0, 0.1) is 0 Å². The van der Waals surface area contributed by atoms with Crippen LogP contribution in [0.4, 0.5) is 0 Å². The average molecular weight is 999 g/mol. The van der Waals surface area contributed by atoms with Crippen molar-refractivity contribution in [3.8, 4) is 45.0 Å². The molecule has 0 saturated carbocycles. The molecule has 0 bridgehead atoms. The molecule has 0 unspecified atom stereocenters. The number of fused-ring (bicyclic) bond motifs is 20. The van der Waals surface area contributed by atoms with Crippen molar-refractivity contribution in [3.05, 3.63) is 261 Å². The van der Waals surface area contributed by atoms with Crippen LogP contribution in [0.1, 0.15) is 0 Å². The molecule has 6 heterocycles. The van der Waals surface area contributed by atoms with Crippen molar-refractivity contribution in [2.45, 2.75) is 0 Å². The minimum absolute atomic E-state index is 0.116. The first-order chi connectivity index (χ1) is 39.3. The van der Waals surface area contributed by atoms with E-state index in [4.69, 9.17) is 0 Å². The zero-order chi connectivity index (χ0) is 51.2. The Labute approximate surface area is 453 Å². The Morgan fingerprint density at radius 2 is 0.481 bits per heavy atom. The van der Waals surface area contributed by atoms with Gasteiger partial charge in [-0.15, -0.1) is 0 Å². The maximum absolute atomic E-state index is 2.62. The van der Waals surface area contributed by atoms with Crippen LogP contribution in [-0.2, 0) is 0 Å². The molecule has 13 aromatic carbocycles. The Morgan fingerprint density at radius 3 is 0.797 bits per heavy atom. The first-order valence-corrected chi connectivity index (χ1v) is 27.6. The topological polar surface area (TPSA) is 19.7 Å². The first kappa shape index (κ1) is 41.8. The molecule has 4 nitrogen and oxygen atoms in total. The van der Waals surface area contributed by atoms with E-state index < -0.39 is 0 Å². The van der Waals surface area contributed by atoms with E-state index in [0.717, 1.165) is 22.7 Å². The number of benzene rings is 13. The number of nitrogens with zero attached hydrogens (tertiary/aromatic N) is 4. The Balaban J connectivity index is 1.08. The van der Waals surface area contributed by atoms with Crippen LogP contribution in [0.5, 0.6) is 0 Å². The zero-order valence-corrected chi connectivity index (χ0v) is 42.7. The highest BCUT2D eigenvalue weighted by Crippen LogP contribution is 2.52. The number of para-hydroxylation sites is 8. The molecule has 2 aliphatic rings. The van der Waals surface area contributed by atoms with E-state index in [9.17, 15) is 0 Å². The van der Waals surface area contributed by atoms with Gasteiger partial charge in [-0.25, -0.2) is 0 Å². The summed E-state index contributed by atoms with van der Waals surface area (Å²) in [6.07, 6.45) is 0. The van der Waals surface area contributed by atoms with E-state index >= 15 is 0 Å². The summed E-state index contributed by atoms with van der Waals surface area (Å²) in [5.74, 6) is 0. The predicted molar refractivity (Wildman–Crippen MR) is 334 cm³/mol. The van der Waals surface area contributed by atoms with Gasteiger partial charge in [-0.05, 0) is 130 Å². The van der Waals surface area contributed by atoms with E-state index in [2.05, 4.69) is 279 Å². The summed E-state index contributed by atoms with van der Waals surface area (Å²) >= 11 is 0. The number of hydrogen-bond donors (Lipinski definition) is 0. The van der Waals surface area contributed by atoms with Gasteiger partial charge in [0.05, 0.1) is 44.1 Å². The highest BCUT2D eigenvalue weighted by molar-refractivity contribution is 7.02. The molecule has 0 N–H and O–H groups in total. The van der Waals surface area contributed by atoms with Crippen molar-refractivity contribution in [1.82, 2.24) is 18.3 Å². The summed E-state index contributed by atoms with van der Waals surface area (Å²) in [6, 6.07) is 98.0. The Kier molecular flexibility index (Phi) is 8.04. The standard InChI is InChI=1S/C74H43BN4/c1-5-22-44(23-6-1)76-58-36-17-13-30-50(58)68-62(76)40-54-48-34-21-35-49-55-41-63-69(51-31-14-18-37-59(51)77(63)45-24-7-2-8-25-45)73-67(55)57(43-65-71(73)53-33-16-20-39-61(53)79(65)47-28-11-4-12-29-47)75(74(48)49)56-42-64-70(72(68)66(54)56)52-32-15-19-38-60(52)78(64)46-26-9-3-10-27-46/h1-43H. The molecular formula is C74H43BN4. The number of rotatable bonds is 4. The highest BCUT2D eigenvalue weighted by Gasteiger charge is 2.42. The molecule has 0 aliphatic carbocycles. The van der Waals surface area contributed by atoms with Crippen LogP contribution in [0.15, 0.2) is 261 Å². The fourth-order valence-corrected chi connectivity index (χ4v) is 15.2. The smallest absolute Gasteiger partial charge is 0.244 e. The normalized spacial score (nSPS) is 12.8. The van der Waals surface area contributed by atoms with E-state index in [1.54, 1.807) is 0 Å². The van der Waals surface area contributed by atoms with Crippen molar-refractivity contribution in [2.75, 3.05) is 0 Å². The largest absolute Gasteiger partial charge is 0.309 e. The average Bonchev–Trinajstić information content (AvgIpc) is 3.24. The summed E-state index contributed by atoms with van der Waals surface area (Å²) < 4.78 is 10.1. The minimum Gasteiger partial charge on any atom is -0.309 e.